The second-order valence-electron chi connectivity index (χ2n) is 6.02. The zero-order valence-electron chi connectivity index (χ0n) is 14.5. The molecule has 0 amide bonds. The topological polar surface area (TPSA) is 54.8 Å². The molecule has 0 aliphatic carbocycles. The van der Waals surface area contributed by atoms with Gasteiger partial charge in [0.05, 0.1) is 0 Å². The van der Waals surface area contributed by atoms with Crippen LogP contribution in [0.4, 0.5) is 0 Å². The molecular formula is C22H19N3S. The number of benzene rings is 2. The predicted molar refractivity (Wildman–Crippen MR) is 112 cm³/mol. The van der Waals surface area contributed by atoms with Crippen molar-refractivity contribution in [2.24, 2.45) is 5.73 Å². The molecule has 0 unspecified atom stereocenters. The van der Waals surface area contributed by atoms with Gasteiger partial charge in [0, 0.05) is 40.2 Å². The Kier molecular flexibility index (Phi) is 5.13. The first-order valence-electron chi connectivity index (χ1n) is 8.24. The molecule has 1 atom stereocenters. The molecule has 3 rings (SSSR count). The summed E-state index contributed by atoms with van der Waals surface area (Å²) >= 11 is 5.85. The van der Waals surface area contributed by atoms with Crippen LogP contribution in [0.5, 0.6) is 0 Å². The minimum absolute atomic E-state index is 0.172. The SMILES string of the molecule is C=C(C#Cc1cccc2cc([C@H](C)N)n(-c3ccccc3)c(=S)c12)C=N. The highest BCUT2D eigenvalue weighted by molar-refractivity contribution is 7.71. The molecule has 0 saturated carbocycles. The first-order valence-corrected chi connectivity index (χ1v) is 8.65. The van der Waals surface area contributed by atoms with Gasteiger partial charge in [-0.1, -0.05) is 61.0 Å². The number of rotatable bonds is 3. The number of aromatic nitrogens is 1. The smallest absolute Gasteiger partial charge is 0.119 e. The monoisotopic (exact) mass is 357 g/mol. The summed E-state index contributed by atoms with van der Waals surface area (Å²) in [5, 5.41) is 9.14. The molecule has 3 aromatic rings. The lowest BCUT2D eigenvalue weighted by Crippen LogP contribution is -2.15. The van der Waals surface area contributed by atoms with E-state index in [2.05, 4.69) is 24.5 Å². The van der Waals surface area contributed by atoms with Gasteiger partial charge < -0.3 is 15.7 Å². The summed E-state index contributed by atoms with van der Waals surface area (Å²) in [5.41, 5.74) is 9.42. The highest BCUT2D eigenvalue weighted by Crippen LogP contribution is 2.27. The van der Waals surface area contributed by atoms with Crippen LogP contribution in [0.25, 0.3) is 16.5 Å². The van der Waals surface area contributed by atoms with Crippen LogP contribution in [-0.4, -0.2) is 10.8 Å². The maximum absolute atomic E-state index is 7.24. The van der Waals surface area contributed by atoms with Crippen LogP contribution >= 0.6 is 12.2 Å². The Morgan fingerprint density at radius 2 is 1.96 bits per heavy atom. The standard InChI is InChI=1S/C22H19N3S/c1-15(14-23)11-12-17-7-6-8-18-13-20(16(2)24)25(22(26)21(17)18)19-9-4-3-5-10-19/h3-10,13-14,16,23H,1,24H2,2H3/t16-/m0/s1. The average Bonchev–Trinajstić information content (AvgIpc) is 2.66. The quantitative estimate of drug-likeness (QED) is 0.396. The Hall–Kier alpha value is -3.00. The number of allylic oxidation sites excluding steroid dienone is 1. The lowest BCUT2D eigenvalue weighted by atomic mass is 10.0. The molecular weight excluding hydrogens is 338 g/mol. The zero-order chi connectivity index (χ0) is 18.7. The van der Waals surface area contributed by atoms with Crippen molar-refractivity contribution >= 4 is 29.2 Å². The van der Waals surface area contributed by atoms with Gasteiger partial charge in [-0.15, -0.1) is 0 Å². The Balaban J connectivity index is 2.39. The van der Waals surface area contributed by atoms with Gasteiger partial charge in [-0.25, -0.2) is 0 Å². The lowest BCUT2D eigenvalue weighted by Gasteiger charge is -2.19. The van der Waals surface area contributed by atoms with E-state index >= 15 is 0 Å². The number of pyridine rings is 1. The number of nitrogens with zero attached hydrogens (tertiary/aromatic N) is 1. The van der Waals surface area contributed by atoms with Crippen molar-refractivity contribution < 1.29 is 0 Å². The lowest BCUT2D eigenvalue weighted by molar-refractivity contribution is 0.740. The van der Waals surface area contributed by atoms with Gasteiger partial charge >= 0.3 is 0 Å². The molecule has 0 spiro atoms. The molecule has 0 fully saturated rings. The van der Waals surface area contributed by atoms with Gasteiger partial charge in [-0.05, 0) is 36.6 Å². The molecule has 0 aliphatic heterocycles. The number of para-hydroxylation sites is 1. The zero-order valence-corrected chi connectivity index (χ0v) is 15.3. The van der Waals surface area contributed by atoms with Crippen molar-refractivity contribution in [1.82, 2.24) is 4.57 Å². The first kappa shape index (κ1) is 17.8. The summed E-state index contributed by atoms with van der Waals surface area (Å²) in [6.45, 7) is 5.68. The van der Waals surface area contributed by atoms with Crippen molar-refractivity contribution in [1.29, 1.82) is 5.41 Å². The van der Waals surface area contributed by atoms with Crippen molar-refractivity contribution in [2.45, 2.75) is 13.0 Å². The van der Waals surface area contributed by atoms with E-state index in [-0.39, 0.29) is 6.04 Å². The largest absolute Gasteiger partial charge is 0.323 e. The second kappa shape index (κ2) is 7.49. The van der Waals surface area contributed by atoms with E-state index in [1.807, 2.05) is 60.0 Å². The van der Waals surface area contributed by atoms with Crippen molar-refractivity contribution in [2.75, 3.05) is 0 Å². The molecule has 4 heteroatoms. The average molecular weight is 357 g/mol. The maximum atomic E-state index is 7.24. The molecule has 26 heavy (non-hydrogen) atoms. The first-order chi connectivity index (χ1) is 12.5. The third-order valence-corrected chi connectivity index (χ3v) is 4.47. The van der Waals surface area contributed by atoms with Crippen LogP contribution < -0.4 is 5.73 Å². The molecule has 0 aliphatic rings. The van der Waals surface area contributed by atoms with Gasteiger partial charge in [0.2, 0.25) is 0 Å². The molecule has 1 heterocycles. The molecule has 128 valence electrons. The summed E-state index contributed by atoms with van der Waals surface area (Å²) in [6.07, 6.45) is 1.14. The normalized spacial score (nSPS) is 11.5. The van der Waals surface area contributed by atoms with Crippen LogP contribution in [0, 0.1) is 21.9 Å². The fourth-order valence-corrected chi connectivity index (χ4v) is 3.29. The third kappa shape index (κ3) is 3.36. The van der Waals surface area contributed by atoms with E-state index in [0.29, 0.717) is 10.2 Å². The fraction of sp³-hybridized carbons (Fsp3) is 0.0909. The van der Waals surface area contributed by atoms with Crippen LogP contribution in [-0.2, 0) is 0 Å². The van der Waals surface area contributed by atoms with E-state index in [0.717, 1.165) is 33.9 Å². The molecule has 0 saturated heterocycles. The van der Waals surface area contributed by atoms with E-state index in [1.54, 1.807) is 0 Å². The molecule has 0 bridgehead atoms. The van der Waals surface area contributed by atoms with E-state index < -0.39 is 0 Å². The fourth-order valence-electron chi connectivity index (χ4n) is 2.85. The third-order valence-electron chi connectivity index (χ3n) is 4.09. The number of hydrogen-bond donors (Lipinski definition) is 2. The van der Waals surface area contributed by atoms with Crippen LogP contribution in [0.3, 0.4) is 0 Å². The maximum Gasteiger partial charge on any atom is 0.119 e. The summed E-state index contributed by atoms with van der Waals surface area (Å²) in [7, 11) is 0. The number of nitrogens with two attached hydrogens (primary N) is 1. The van der Waals surface area contributed by atoms with E-state index in [9.17, 15) is 0 Å². The highest BCUT2D eigenvalue weighted by Gasteiger charge is 2.13. The molecule has 2 aromatic carbocycles. The molecule has 1 aromatic heterocycles. The summed E-state index contributed by atoms with van der Waals surface area (Å²) in [6, 6.07) is 17.8. The minimum Gasteiger partial charge on any atom is -0.323 e. The van der Waals surface area contributed by atoms with Gasteiger partial charge in [0.15, 0.2) is 0 Å². The number of nitrogens with one attached hydrogen (secondary N) is 1. The van der Waals surface area contributed by atoms with E-state index in [1.165, 1.54) is 0 Å². The van der Waals surface area contributed by atoms with Crippen LogP contribution in [0.1, 0.15) is 24.2 Å². The van der Waals surface area contributed by atoms with Crippen LogP contribution in [0.2, 0.25) is 0 Å². The second-order valence-corrected chi connectivity index (χ2v) is 6.41. The van der Waals surface area contributed by atoms with Crippen LogP contribution in [0.15, 0.2) is 66.7 Å². The van der Waals surface area contributed by atoms with Gasteiger partial charge in [0.1, 0.15) is 4.64 Å². The Bertz CT molecular complexity index is 1110. The summed E-state index contributed by atoms with van der Waals surface area (Å²) in [4.78, 5) is 0. The number of hydrogen-bond acceptors (Lipinski definition) is 3. The minimum atomic E-state index is -0.172. The van der Waals surface area contributed by atoms with Gasteiger partial charge in [0.25, 0.3) is 0 Å². The van der Waals surface area contributed by atoms with Gasteiger partial charge in [-0.3, -0.25) is 0 Å². The highest BCUT2D eigenvalue weighted by atomic mass is 32.1. The molecule has 3 N–H and O–H groups in total. The van der Waals surface area contributed by atoms with Crippen molar-refractivity contribution in [3.8, 4) is 17.5 Å². The van der Waals surface area contributed by atoms with Crippen molar-refractivity contribution in [3.63, 3.8) is 0 Å². The number of fused-ring (bicyclic) bond motifs is 1. The predicted octanol–water partition coefficient (Wildman–Crippen LogP) is 4.94. The van der Waals surface area contributed by atoms with E-state index in [4.69, 9.17) is 23.4 Å². The molecule has 3 nitrogen and oxygen atoms in total. The molecule has 0 radical (unpaired) electrons. The van der Waals surface area contributed by atoms with Gasteiger partial charge in [-0.2, -0.15) is 0 Å². The van der Waals surface area contributed by atoms with Crippen molar-refractivity contribution in [3.05, 3.63) is 82.6 Å². The summed E-state index contributed by atoms with van der Waals surface area (Å²) in [5.74, 6) is 5.99. The Morgan fingerprint density at radius 1 is 1.23 bits per heavy atom. The summed E-state index contributed by atoms with van der Waals surface area (Å²) < 4.78 is 2.69. The Labute approximate surface area is 158 Å². The Morgan fingerprint density at radius 3 is 2.62 bits per heavy atom.